The lowest BCUT2D eigenvalue weighted by molar-refractivity contribution is -0.139. The Morgan fingerprint density at radius 2 is 2.07 bits per heavy atom. The number of hydrogen-bond donors (Lipinski definition) is 0. The molecule has 0 N–H and O–H groups in total. The summed E-state index contributed by atoms with van der Waals surface area (Å²) in [4.78, 5) is 12.3. The van der Waals surface area contributed by atoms with Crippen molar-refractivity contribution < 1.29 is 14.1 Å². The molecule has 0 saturated heterocycles. The summed E-state index contributed by atoms with van der Waals surface area (Å²) in [6.07, 6.45) is 2.67. The number of rotatable bonds is 7. The summed E-state index contributed by atoms with van der Waals surface area (Å²) in [5.41, 5.74) is 4.40. The molecule has 0 aliphatic heterocycles. The number of nitriles is 1. The summed E-state index contributed by atoms with van der Waals surface area (Å²) in [7, 11) is 0. The molecule has 0 amide bonds. The fourth-order valence-corrected chi connectivity index (χ4v) is 2.92. The Kier molecular flexibility index (Phi) is 6.62. The lowest BCUT2D eigenvalue weighted by Crippen LogP contribution is -2.08. The number of aromatic nitrogens is 2. The average molecular weight is 369 g/mol. The summed E-state index contributed by atoms with van der Waals surface area (Å²) in [5.74, 6) is 0.570. The van der Waals surface area contributed by atoms with E-state index < -0.39 is 5.97 Å². The summed E-state index contributed by atoms with van der Waals surface area (Å²) < 4.78 is 12.6. The van der Waals surface area contributed by atoms with E-state index in [1.54, 1.807) is 19.9 Å². The van der Waals surface area contributed by atoms with Gasteiger partial charge in [-0.3, -0.25) is 0 Å². The summed E-state index contributed by atoms with van der Waals surface area (Å²) in [6.45, 7) is 12.9. The van der Waals surface area contributed by atoms with Gasteiger partial charge in [-0.25, -0.2) is 4.79 Å². The predicted molar refractivity (Wildman–Crippen MR) is 103 cm³/mol. The van der Waals surface area contributed by atoms with E-state index in [9.17, 15) is 10.1 Å². The minimum atomic E-state index is -0.649. The molecule has 0 radical (unpaired) electrons. The quantitative estimate of drug-likeness (QED) is 0.410. The van der Waals surface area contributed by atoms with Crippen LogP contribution in [0.3, 0.4) is 0 Å². The minimum absolute atomic E-state index is 0.0223. The van der Waals surface area contributed by atoms with Gasteiger partial charge in [-0.2, -0.15) is 5.26 Å². The van der Waals surface area contributed by atoms with Crippen molar-refractivity contribution in [3.8, 4) is 6.07 Å². The highest BCUT2D eigenvalue weighted by molar-refractivity contribution is 5.98. The minimum Gasteiger partial charge on any atom is -0.456 e. The van der Waals surface area contributed by atoms with Gasteiger partial charge in [-0.1, -0.05) is 19.0 Å². The van der Waals surface area contributed by atoms with E-state index in [4.69, 9.17) is 9.26 Å². The number of hydrogen-bond acceptors (Lipinski definition) is 5. The van der Waals surface area contributed by atoms with Crippen LogP contribution in [0.1, 0.15) is 54.2 Å². The molecule has 0 bridgehead atoms. The van der Waals surface area contributed by atoms with Crippen LogP contribution in [-0.4, -0.2) is 15.7 Å². The van der Waals surface area contributed by atoms with Crippen LogP contribution in [0.15, 0.2) is 16.2 Å². The topological polar surface area (TPSA) is 81.1 Å². The zero-order valence-corrected chi connectivity index (χ0v) is 16.9. The van der Waals surface area contributed by atoms with E-state index in [-0.39, 0.29) is 12.2 Å². The molecule has 2 heterocycles. The standard InChI is InChI=1S/C21H27N3O3/c1-13(2)7-8-24-14(3)9-18(16(24)5)10-19(11-22)21(25)26-12-20-15(4)23-27-17(20)6/h9-10,13H,7-8,12H2,1-6H3/b19-10+. The Balaban J connectivity index is 2.17. The molecule has 0 fully saturated rings. The maximum absolute atomic E-state index is 12.3. The number of aryl methyl sites for hydroxylation is 3. The van der Waals surface area contributed by atoms with Gasteiger partial charge in [0.05, 0.1) is 11.3 Å². The first kappa shape index (κ1) is 20.5. The second kappa shape index (κ2) is 8.72. The van der Waals surface area contributed by atoms with Crippen LogP contribution >= 0.6 is 0 Å². The Hall–Kier alpha value is -2.81. The molecule has 144 valence electrons. The van der Waals surface area contributed by atoms with Gasteiger partial charge in [0.2, 0.25) is 0 Å². The van der Waals surface area contributed by atoms with Gasteiger partial charge in [-0.05, 0) is 57.7 Å². The molecule has 0 unspecified atom stereocenters. The van der Waals surface area contributed by atoms with Crippen molar-refractivity contribution in [2.75, 3.05) is 0 Å². The number of carbonyl (C=O) groups is 1. The van der Waals surface area contributed by atoms with Gasteiger partial charge in [-0.15, -0.1) is 0 Å². The Bertz CT molecular complexity index is 875. The molecule has 0 aliphatic rings. The van der Waals surface area contributed by atoms with E-state index in [0.717, 1.165) is 35.5 Å². The van der Waals surface area contributed by atoms with E-state index in [2.05, 4.69) is 23.6 Å². The summed E-state index contributed by atoms with van der Waals surface area (Å²) in [6, 6.07) is 3.95. The maximum Gasteiger partial charge on any atom is 0.349 e. The molecule has 0 atom stereocenters. The molecule has 6 nitrogen and oxygen atoms in total. The van der Waals surface area contributed by atoms with Gasteiger partial charge in [0.25, 0.3) is 0 Å². The molecule has 2 aromatic heterocycles. The first-order chi connectivity index (χ1) is 12.7. The van der Waals surface area contributed by atoms with E-state index >= 15 is 0 Å². The molecule has 27 heavy (non-hydrogen) atoms. The molecule has 0 aromatic carbocycles. The third-order valence-corrected chi connectivity index (χ3v) is 4.71. The van der Waals surface area contributed by atoms with E-state index in [1.165, 1.54) is 0 Å². The molecule has 0 aliphatic carbocycles. The van der Waals surface area contributed by atoms with Crippen LogP contribution < -0.4 is 0 Å². The Morgan fingerprint density at radius 1 is 1.37 bits per heavy atom. The SMILES string of the molecule is Cc1noc(C)c1COC(=O)/C(C#N)=C/c1cc(C)n(CCC(C)C)c1C. The van der Waals surface area contributed by atoms with Crippen molar-refractivity contribution in [3.63, 3.8) is 0 Å². The van der Waals surface area contributed by atoms with Crippen LogP contribution in [-0.2, 0) is 22.7 Å². The number of esters is 1. The van der Waals surface area contributed by atoms with Crippen LogP contribution in [0, 0.1) is 44.9 Å². The van der Waals surface area contributed by atoms with Crippen molar-refractivity contribution in [1.29, 1.82) is 5.26 Å². The Labute approximate surface area is 160 Å². The summed E-state index contributed by atoms with van der Waals surface area (Å²) >= 11 is 0. The largest absolute Gasteiger partial charge is 0.456 e. The molecule has 6 heteroatoms. The van der Waals surface area contributed by atoms with Crippen LogP contribution in [0.4, 0.5) is 0 Å². The van der Waals surface area contributed by atoms with Crippen LogP contribution in [0.2, 0.25) is 0 Å². The lowest BCUT2D eigenvalue weighted by atomic mass is 10.1. The number of ether oxygens (including phenoxy) is 1. The maximum atomic E-state index is 12.3. The van der Waals surface area contributed by atoms with Crippen molar-refractivity contribution in [1.82, 2.24) is 9.72 Å². The van der Waals surface area contributed by atoms with Gasteiger partial charge in [0.1, 0.15) is 24.0 Å². The van der Waals surface area contributed by atoms with Gasteiger partial charge in [0.15, 0.2) is 0 Å². The second-order valence-corrected chi connectivity index (χ2v) is 7.21. The third-order valence-electron chi connectivity index (χ3n) is 4.71. The van der Waals surface area contributed by atoms with Crippen molar-refractivity contribution >= 4 is 12.0 Å². The zero-order chi connectivity index (χ0) is 20.1. The van der Waals surface area contributed by atoms with Crippen LogP contribution in [0.25, 0.3) is 6.08 Å². The van der Waals surface area contributed by atoms with Gasteiger partial charge >= 0.3 is 5.97 Å². The average Bonchev–Trinajstić information content (AvgIpc) is 3.07. The highest BCUT2D eigenvalue weighted by Crippen LogP contribution is 2.21. The molecule has 2 aromatic rings. The number of nitrogens with zero attached hydrogens (tertiary/aromatic N) is 3. The molecule has 0 spiro atoms. The highest BCUT2D eigenvalue weighted by atomic mass is 16.5. The highest BCUT2D eigenvalue weighted by Gasteiger charge is 2.16. The fourth-order valence-electron chi connectivity index (χ4n) is 2.92. The first-order valence-electron chi connectivity index (χ1n) is 9.12. The van der Waals surface area contributed by atoms with Crippen molar-refractivity contribution in [2.24, 2.45) is 5.92 Å². The number of carbonyl (C=O) groups excluding carboxylic acids is 1. The predicted octanol–water partition coefficient (Wildman–Crippen LogP) is 4.41. The van der Waals surface area contributed by atoms with Gasteiger partial charge < -0.3 is 13.8 Å². The van der Waals surface area contributed by atoms with E-state index in [1.807, 2.05) is 26.0 Å². The lowest BCUT2D eigenvalue weighted by Gasteiger charge is -2.11. The van der Waals surface area contributed by atoms with E-state index in [0.29, 0.717) is 17.4 Å². The Morgan fingerprint density at radius 3 is 2.63 bits per heavy atom. The zero-order valence-electron chi connectivity index (χ0n) is 16.9. The first-order valence-corrected chi connectivity index (χ1v) is 9.12. The van der Waals surface area contributed by atoms with Crippen LogP contribution in [0.5, 0.6) is 0 Å². The molecule has 2 rings (SSSR count). The second-order valence-electron chi connectivity index (χ2n) is 7.21. The van der Waals surface area contributed by atoms with Crippen molar-refractivity contribution in [3.05, 3.63) is 45.6 Å². The van der Waals surface area contributed by atoms with Crippen molar-refractivity contribution in [2.45, 2.75) is 61.1 Å². The monoisotopic (exact) mass is 369 g/mol. The molecular weight excluding hydrogens is 342 g/mol. The summed E-state index contributed by atoms with van der Waals surface area (Å²) in [5, 5.41) is 13.2. The fraction of sp³-hybridized carbons (Fsp3) is 0.476. The van der Waals surface area contributed by atoms with Gasteiger partial charge in [0, 0.05) is 17.9 Å². The molecule has 0 saturated carbocycles. The third kappa shape index (κ3) is 4.88. The smallest absolute Gasteiger partial charge is 0.349 e. The normalized spacial score (nSPS) is 11.7. The molecular formula is C21H27N3O3.